The van der Waals surface area contributed by atoms with E-state index in [1.807, 2.05) is 13.1 Å². The second-order valence-electron chi connectivity index (χ2n) is 5.60. The topological polar surface area (TPSA) is 21.3 Å². The third-order valence-electron chi connectivity index (χ3n) is 3.97. The van der Waals surface area contributed by atoms with E-state index in [9.17, 15) is 0 Å². The minimum atomic E-state index is 0.378. The number of nitrogens with one attached hydrogen (secondary N) is 1. The van der Waals surface area contributed by atoms with Crippen LogP contribution in [0.1, 0.15) is 25.3 Å². The monoisotopic (exact) mass is 311 g/mol. The Balaban J connectivity index is 2.13. The lowest BCUT2D eigenvalue weighted by molar-refractivity contribution is 0.263. The Kier molecular flexibility index (Phi) is 4.33. The van der Waals surface area contributed by atoms with E-state index in [-0.39, 0.29) is 0 Å². The molecule has 1 aromatic rings. The highest BCUT2D eigenvalue weighted by Gasteiger charge is 2.40. The van der Waals surface area contributed by atoms with Crippen molar-refractivity contribution >= 4 is 15.9 Å². The van der Waals surface area contributed by atoms with Crippen molar-refractivity contribution in [3.05, 3.63) is 28.2 Å². The summed E-state index contributed by atoms with van der Waals surface area (Å²) in [6, 6.07) is 6.42. The van der Waals surface area contributed by atoms with E-state index in [1.54, 1.807) is 7.11 Å². The number of benzene rings is 1. The molecular weight excluding hydrogens is 290 g/mol. The molecule has 0 aliphatic heterocycles. The van der Waals surface area contributed by atoms with Crippen molar-refractivity contribution < 1.29 is 4.74 Å². The summed E-state index contributed by atoms with van der Waals surface area (Å²) in [6.07, 6.45) is 3.89. The smallest absolute Gasteiger partial charge is 0.133 e. The number of rotatable bonds is 6. The molecule has 0 saturated heterocycles. The molecule has 18 heavy (non-hydrogen) atoms. The summed E-state index contributed by atoms with van der Waals surface area (Å²) < 4.78 is 6.32. The highest BCUT2D eigenvalue weighted by atomic mass is 79.9. The van der Waals surface area contributed by atoms with Crippen LogP contribution in [-0.2, 0) is 6.42 Å². The standard InChI is InChI=1S/C15H22BrNO/c1-15(10-17-2,12-5-6-12)9-11-4-7-14(18-3)13(16)8-11/h4,7-8,12,17H,5-6,9-10H2,1-3H3. The molecule has 1 unspecified atom stereocenters. The van der Waals surface area contributed by atoms with Crippen LogP contribution in [0.4, 0.5) is 0 Å². The van der Waals surface area contributed by atoms with Crippen molar-refractivity contribution in [1.82, 2.24) is 5.32 Å². The molecule has 1 aliphatic carbocycles. The van der Waals surface area contributed by atoms with Crippen LogP contribution >= 0.6 is 15.9 Å². The van der Waals surface area contributed by atoms with Crippen LogP contribution in [-0.4, -0.2) is 20.7 Å². The Hall–Kier alpha value is -0.540. The Morgan fingerprint density at radius 1 is 1.44 bits per heavy atom. The van der Waals surface area contributed by atoms with Crippen molar-refractivity contribution in [2.75, 3.05) is 20.7 Å². The summed E-state index contributed by atoms with van der Waals surface area (Å²) >= 11 is 3.57. The van der Waals surface area contributed by atoms with Crippen molar-refractivity contribution in [2.45, 2.75) is 26.2 Å². The Bertz CT molecular complexity index is 417. The van der Waals surface area contributed by atoms with Gasteiger partial charge in [-0.15, -0.1) is 0 Å². The molecule has 1 saturated carbocycles. The summed E-state index contributed by atoms with van der Waals surface area (Å²) in [5.74, 6) is 1.78. The molecule has 1 atom stereocenters. The van der Waals surface area contributed by atoms with E-state index in [2.05, 4.69) is 40.3 Å². The summed E-state index contributed by atoms with van der Waals surface area (Å²) in [7, 11) is 3.75. The van der Waals surface area contributed by atoms with Gasteiger partial charge >= 0.3 is 0 Å². The second kappa shape index (κ2) is 5.62. The fraction of sp³-hybridized carbons (Fsp3) is 0.600. The minimum Gasteiger partial charge on any atom is -0.496 e. The maximum Gasteiger partial charge on any atom is 0.133 e. The van der Waals surface area contributed by atoms with Crippen LogP contribution in [0.2, 0.25) is 0 Å². The van der Waals surface area contributed by atoms with Crippen molar-refractivity contribution in [2.24, 2.45) is 11.3 Å². The molecule has 0 radical (unpaired) electrons. The number of hydrogen-bond donors (Lipinski definition) is 1. The van der Waals surface area contributed by atoms with Gasteiger partial charge in [-0.3, -0.25) is 0 Å². The Labute approximate surface area is 118 Å². The zero-order valence-corrected chi connectivity index (χ0v) is 13.0. The lowest BCUT2D eigenvalue weighted by atomic mass is 9.79. The molecule has 0 bridgehead atoms. The quantitative estimate of drug-likeness (QED) is 0.866. The first kappa shape index (κ1) is 13.9. The molecule has 2 nitrogen and oxygen atoms in total. The summed E-state index contributed by atoms with van der Waals surface area (Å²) in [6.45, 7) is 3.49. The highest BCUT2D eigenvalue weighted by molar-refractivity contribution is 9.10. The molecule has 0 amide bonds. The maximum absolute atomic E-state index is 5.28. The van der Waals surface area contributed by atoms with Gasteiger partial charge in [0, 0.05) is 6.54 Å². The molecule has 1 fully saturated rings. The van der Waals surface area contributed by atoms with Gasteiger partial charge in [-0.1, -0.05) is 13.0 Å². The van der Waals surface area contributed by atoms with Crippen molar-refractivity contribution in [3.8, 4) is 5.75 Å². The number of halogens is 1. The van der Waals surface area contributed by atoms with Crippen molar-refractivity contribution in [3.63, 3.8) is 0 Å². The molecule has 2 rings (SSSR count). The average Bonchev–Trinajstić information content (AvgIpc) is 3.13. The molecule has 0 aromatic heterocycles. The minimum absolute atomic E-state index is 0.378. The normalized spacial score (nSPS) is 18.4. The molecule has 1 aliphatic rings. The molecule has 3 heteroatoms. The molecule has 0 spiro atoms. The van der Waals surface area contributed by atoms with Crippen LogP contribution in [0.5, 0.6) is 5.75 Å². The van der Waals surface area contributed by atoms with Gasteiger partial charge in [0.2, 0.25) is 0 Å². The fourth-order valence-electron chi connectivity index (χ4n) is 2.82. The van der Waals surface area contributed by atoms with Crippen LogP contribution in [0.15, 0.2) is 22.7 Å². The molecular formula is C15H22BrNO. The molecule has 0 heterocycles. The number of methoxy groups -OCH3 is 1. The van der Waals surface area contributed by atoms with E-state index >= 15 is 0 Å². The van der Waals surface area contributed by atoms with E-state index in [4.69, 9.17) is 4.74 Å². The van der Waals surface area contributed by atoms with Gasteiger partial charge in [-0.25, -0.2) is 0 Å². The van der Waals surface area contributed by atoms with Gasteiger partial charge in [0.05, 0.1) is 11.6 Å². The first-order valence-electron chi connectivity index (χ1n) is 6.56. The van der Waals surface area contributed by atoms with E-state index < -0.39 is 0 Å². The molecule has 1 N–H and O–H groups in total. The predicted molar refractivity (Wildman–Crippen MR) is 79.2 cm³/mol. The summed E-state index contributed by atoms with van der Waals surface area (Å²) in [5, 5.41) is 3.35. The lowest BCUT2D eigenvalue weighted by Gasteiger charge is -2.30. The van der Waals surface area contributed by atoms with Crippen LogP contribution < -0.4 is 10.1 Å². The van der Waals surface area contributed by atoms with Gasteiger partial charge in [0.1, 0.15) is 5.75 Å². The first-order valence-corrected chi connectivity index (χ1v) is 7.35. The molecule has 100 valence electrons. The van der Waals surface area contributed by atoms with Gasteiger partial charge < -0.3 is 10.1 Å². The largest absolute Gasteiger partial charge is 0.496 e. The van der Waals surface area contributed by atoms with Gasteiger partial charge in [0.15, 0.2) is 0 Å². The van der Waals surface area contributed by atoms with Crippen LogP contribution in [0.25, 0.3) is 0 Å². The Morgan fingerprint density at radius 3 is 2.67 bits per heavy atom. The van der Waals surface area contributed by atoms with Gasteiger partial charge in [0.25, 0.3) is 0 Å². The molecule has 1 aromatic carbocycles. The highest BCUT2D eigenvalue weighted by Crippen LogP contribution is 2.47. The number of hydrogen-bond acceptors (Lipinski definition) is 2. The van der Waals surface area contributed by atoms with Crippen LogP contribution in [0.3, 0.4) is 0 Å². The lowest BCUT2D eigenvalue weighted by Crippen LogP contribution is -2.33. The fourth-order valence-corrected chi connectivity index (χ4v) is 3.41. The summed E-state index contributed by atoms with van der Waals surface area (Å²) in [5.41, 5.74) is 1.76. The zero-order chi connectivity index (χ0) is 13.2. The number of ether oxygens (including phenoxy) is 1. The van der Waals surface area contributed by atoms with E-state index in [0.29, 0.717) is 5.41 Å². The van der Waals surface area contributed by atoms with Crippen molar-refractivity contribution in [1.29, 1.82) is 0 Å². The zero-order valence-electron chi connectivity index (χ0n) is 11.4. The maximum atomic E-state index is 5.28. The van der Waals surface area contributed by atoms with Gasteiger partial charge in [-0.2, -0.15) is 0 Å². The third kappa shape index (κ3) is 3.07. The van der Waals surface area contributed by atoms with E-state index in [1.165, 1.54) is 18.4 Å². The third-order valence-corrected chi connectivity index (χ3v) is 4.59. The Morgan fingerprint density at radius 2 is 2.17 bits per heavy atom. The average molecular weight is 312 g/mol. The van der Waals surface area contributed by atoms with Gasteiger partial charge in [-0.05, 0) is 71.3 Å². The summed E-state index contributed by atoms with van der Waals surface area (Å²) in [4.78, 5) is 0. The second-order valence-corrected chi connectivity index (χ2v) is 6.46. The van der Waals surface area contributed by atoms with E-state index in [0.717, 1.165) is 29.1 Å². The first-order chi connectivity index (χ1) is 8.59. The SMILES string of the molecule is CNCC(C)(Cc1ccc(OC)c(Br)c1)C1CC1. The van der Waals surface area contributed by atoms with Crippen LogP contribution in [0, 0.1) is 11.3 Å². The predicted octanol–water partition coefficient (Wildman–Crippen LogP) is 3.64.